The molecule has 188 valence electrons. The number of rotatable bonds is 8. The van der Waals surface area contributed by atoms with Crippen molar-refractivity contribution < 1.29 is 9.13 Å². The first-order valence-electron chi connectivity index (χ1n) is 12.5. The van der Waals surface area contributed by atoms with E-state index in [2.05, 4.69) is 4.98 Å². The van der Waals surface area contributed by atoms with Gasteiger partial charge in [0.2, 0.25) is 0 Å². The summed E-state index contributed by atoms with van der Waals surface area (Å²) in [4.78, 5) is 35.9. The molecule has 0 N–H and O–H groups in total. The Morgan fingerprint density at radius 1 is 1.06 bits per heavy atom. The van der Waals surface area contributed by atoms with Gasteiger partial charge in [0.15, 0.2) is 17.0 Å². The molecule has 0 aliphatic heterocycles. The van der Waals surface area contributed by atoms with Crippen LogP contribution in [0.1, 0.15) is 50.8 Å². The summed E-state index contributed by atoms with van der Waals surface area (Å²) in [5, 5.41) is 0. The van der Waals surface area contributed by atoms with Crippen LogP contribution in [0.4, 0.5) is 4.39 Å². The molecule has 1 saturated carbocycles. The molecule has 36 heavy (non-hydrogen) atoms. The van der Waals surface area contributed by atoms with Gasteiger partial charge in [-0.05, 0) is 51.2 Å². The molecule has 0 amide bonds. The van der Waals surface area contributed by atoms with Crippen molar-refractivity contribution in [3.05, 3.63) is 74.3 Å². The number of aromatic nitrogens is 5. The lowest BCUT2D eigenvalue weighted by Crippen LogP contribution is -2.40. The molecule has 3 aromatic heterocycles. The van der Waals surface area contributed by atoms with Gasteiger partial charge in [-0.2, -0.15) is 0 Å². The second kappa shape index (κ2) is 9.72. The Balaban J connectivity index is 1.77. The highest BCUT2D eigenvalue weighted by molar-refractivity contribution is 5.78. The van der Waals surface area contributed by atoms with Crippen LogP contribution in [0.5, 0.6) is 5.88 Å². The third kappa shape index (κ3) is 4.12. The number of hydrogen-bond donors (Lipinski definition) is 0. The minimum atomic E-state index is -0.572. The number of pyridine rings is 1. The number of aryl methyl sites for hydroxylation is 2. The van der Waals surface area contributed by atoms with Crippen LogP contribution in [-0.4, -0.2) is 29.8 Å². The fourth-order valence-electron chi connectivity index (χ4n) is 4.64. The van der Waals surface area contributed by atoms with Gasteiger partial charge in [-0.25, -0.2) is 19.2 Å². The lowest BCUT2D eigenvalue weighted by atomic mass is 9.96. The van der Waals surface area contributed by atoms with Crippen molar-refractivity contribution in [3.8, 4) is 17.3 Å². The maximum absolute atomic E-state index is 15.2. The van der Waals surface area contributed by atoms with Gasteiger partial charge in [-0.15, -0.1) is 0 Å². The van der Waals surface area contributed by atoms with Crippen LogP contribution in [0.3, 0.4) is 0 Å². The normalized spacial score (nSPS) is 13.8. The molecule has 1 aliphatic rings. The molecule has 5 rings (SSSR count). The Kier molecular flexibility index (Phi) is 6.47. The Hall–Kier alpha value is -3.75. The highest BCUT2D eigenvalue weighted by Gasteiger charge is 2.26. The third-order valence-electron chi connectivity index (χ3n) is 6.77. The minimum absolute atomic E-state index is 0.00377. The molecule has 0 atom stereocenters. The molecular formula is C27H30FN5O3. The summed E-state index contributed by atoms with van der Waals surface area (Å²) >= 11 is 0. The van der Waals surface area contributed by atoms with E-state index in [4.69, 9.17) is 9.72 Å². The van der Waals surface area contributed by atoms with Crippen LogP contribution >= 0.6 is 0 Å². The molecule has 1 aromatic carbocycles. The highest BCUT2D eigenvalue weighted by Crippen LogP contribution is 2.31. The highest BCUT2D eigenvalue weighted by atomic mass is 19.1. The van der Waals surface area contributed by atoms with E-state index in [-0.39, 0.29) is 12.0 Å². The van der Waals surface area contributed by atoms with Crippen LogP contribution in [0, 0.1) is 12.7 Å². The maximum atomic E-state index is 15.2. The summed E-state index contributed by atoms with van der Waals surface area (Å²) in [5.74, 6) is -0.194. The Bertz CT molecular complexity index is 1530. The van der Waals surface area contributed by atoms with Crippen LogP contribution < -0.4 is 16.0 Å². The van der Waals surface area contributed by atoms with Gasteiger partial charge in [0, 0.05) is 25.2 Å². The first-order chi connectivity index (χ1) is 17.4. The van der Waals surface area contributed by atoms with Crippen LogP contribution in [0.15, 0.2) is 46.0 Å². The lowest BCUT2D eigenvalue weighted by Gasteiger charge is -2.26. The van der Waals surface area contributed by atoms with E-state index < -0.39 is 17.1 Å². The van der Waals surface area contributed by atoms with Crippen molar-refractivity contribution in [2.24, 2.45) is 0 Å². The molecule has 4 aromatic rings. The van der Waals surface area contributed by atoms with Crippen LogP contribution in [-0.2, 0) is 19.6 Å². The van der Waals surface area contributed by atoms with Gasteiger partial charge in [0.1, 0.15) is 11.9 Å². The van der Waals surface area contributed by atoms with E-state index in [1.54, 1.807) is 11.5 Å². The monoisotopic (exact) mass is 491 g/mol. The topological polar surface area (TPSA) is 83.9 Å². The zero-order valence-corrected chi connectivity index (χ0v) is 20.8. The van der Waals surface area contributed by atoms with Crippen LogP contribution in [0.25, 0.3) is 22.6 Å². The maximum Gasteiger partial charge on any atom is 0.332 e. The van der Waals surface area contributed by atoms with E-state index in [9.17, 15) is 9.59 Å². The summed E-state index contributed by atoms with van der Waals surface area (Å²) in [6.07, 6.45) is 3.50. The number of imidazole rings is 1. The fraction of sp³-hybridized carbons (Fsp3) is 0.407. The van der Waals surface area contributed by atoms with Crippen LogP contribution in [0.2, 0.25) is 0 Å². The van der Waals surface area contributed by atoms with E-state index >= 15 is 4.39 Å². The quantitative estimate of drug-likeness (QED) is 0.367. The third-order valence-corrected chi connectivity index (χ3v) is 6.77. The molecule has 9 heteroatoms. The zero-order valence-electron chi connectivity index (χ0n) is 20.8. The number of benzene rings is 1. The second-order valence-corrected chi connectivity index (χ2v) is 9.24. The SMILES string of the molecule is CCCn1c(=O)c2c(nc(-c3cc(F)c(OC4CCC4)nc3C)n2Cc2ccccc2)n(CC)c1=O. The van der Waals surface area contributed by atoms with Crippen molar-refractivity contribution in [1.82, 2.24) is 23.7 Å². The second-order valence-electron chi connectivity index (χ2n) is 9.24. The summed E-state index contributed by atoms with van der Waals surface area (Å²) in [7, 11) is 0. The molecule has 0 saturated heterocycles. The summed E-state index contributed by atoms with van der Waals surface area (Å²) in [6, 6.07) is 11.0. The number of ether oxygens (including phenoxy) is 1. The van der Waals surface area contributed by atoms with Gasteiger partial charge in [0.25, 0.3) is 11.4 Å². The van der Waals surface area contributed by atoms with Gasteiger partial charge in [-0.3, -0.25) is 13.9 Å². The average molecular weight is 492 g/mol. The predicted molar refractivity (Wildman–Crippen MR) is 136 cm³/mol. The molecule has 3 heterocycles. The van der Waals surface area contributed by atoms with Gasteiger partial charge in [-0.1, -0.05) is 37.3 Å². The molecule has 1 fully saturated rings. The summed E-state index contributed by atoms with van der Waals surface area (Å²) in [6.45, 7) is 6.53. The minimum Gasteiger partial charge on any atom is -0.472 e. The van der Waals surface area contributed by atoms with Crippen molar-refractivity contribution in [3.63, 3.8) is 0 Å². The van der Waals surface area contributed by atoms with E-state index in [0.717, 1.165) is 24.8 Å². The Morgan fingerprint density at radius 2 is 1.81 bits per heavy atom. The largest absolute Gasteiger partial charge is 0.472 e. The molecular weight excluding hydrogens is 461 g/mol. The van der Waals surface area contributed by atoms with Crippen molar-refractivity contribution in [2.75, 3.05) is 0 Å². The number of nitrogens with zero attached hydrogens (tertiary/aromatic N) is 5. The van der Waals surface area contributed by atoms with Crippen molar-refractivity contribution in [2.45, 2.75) is 72.2 Å². The standard InChI is InChI=1S/C27H30FN5O3/c1-4-14-32-26(34)22-24(31(5-2)27(32)35)30-23(33(22)16-18-10-7-6-8-11-18)20-15-21(28)25(29-17(20)3)36-19-12-9-13-19/h6-8,10-11,15,19H,4-5,9,12-14,16H2,1-3H3. The Morgan fingerprint density at radius 3 is 2.44 bits per heavy atom. The fourth-order valence-corrected chi connectivity index (χ4v) is 4.64. The molecule has 1 aliphatic carbocycles. The smallest absolute Gasteiger partial charge is 0.332 e. The van der Waals surface area contributed by atoms with Crippen molar-refractivity contribution >= 4 is 11.2 Å². The molecule has 0 spiro atoms. The molecule has 8 nitrogen and oxygen atoms in total. The predicted octanol–water partition coefficient (Wildman–Crippen LogP) is 4.28. The number of hydrogen-bond acceptors (Lipinski definition) is 5. The van der Waals surface area contributed by atoms with Gasteiger partial charge < -0.3 is 9.30 Å². The first-order valence-corrected chi connectivity index (χ1v) is 12.5. The lowest BCUT2D eigenvalue weighted by molar-refractivity contribution is 0.109. The van der Waals surface area contributed by atoms with E-state index in [0.29, 0.717) is 54.3 Å². The van der Waals surface area contributed by atoms with Gasteiger partial charge in [0.05, 0.1) is 5.69 Å². The first kappa shape index (κ1) is 24.0. The Labute approximate surface area is 208 Å². The molecule has 0 unspecified atom stereocenters. The van der Waals surface area contributed by atoms with E-state index in [1.165, 1.54) is 15.2 Å². The molecule has 0 radical (unpaired) electrons. The van der Waals surface area contributed by atoms with Crippen molar-refractivity contribution in [1.29, 1.82) is 0 Å². The van der Waals surface area contributed by atoms with Gasteiger partial charge >= 0.3 is 5.69 Å². The zero-order chi connectivity index (χ0) is 25.4. The van der Waals surface area contributed by atoms with E-state index in [1.807, 2.05) is 44.2 Å². The number of fused-ring (bicyclic) bond motifs is 1. The average Bonchev–Trinajstić information content (AvgIpc) is 3.20. The summed E-state index contributed by atoms with van der Waals surface area (Å²) in [5.41, 5.74) is 1.76. The number of halogens is 1. The summed E-state index contributed by atoms with van der Waals surface area (Å²) < 4.78 is 25.4. The molecule has 0 bridgehead atoms.